The summed E-state index contributed by atoms with van der Waals surface area (Å²) >= 11 is 0. The molecule has 0 saturated carbocycles. The molecular formula is C14H19F4NO. The van der Waals surface area contributed by atoms with Crippen molar-refractivity contribution in [2.75, 3.05) is 19.8 Å². The van der Waals surface area contributed by atoms with Crippen LogP contribution >= 0.6 is 0 Å². The van der Waals surface area contributed by atoms with Gasteiger partial charge >= 0.3 is 6.18 Å². The van der Waals surface area contributed by atoms with Gasteiger partial charge in [0.15, 0.2) is 0 Å². The molecule has 1 N–H and O–H groups in total. The van der Waals surface area contributed by atoms with Crippen LogP contribution in [0.3, 0.4) is 0 Å². The van der Waals surface area contributed by atoms with Crippen molar-refractivity contribution in [2.45, 2.75) is 32.5 Å². The van der Waals surface area contributed by atoms with Crippen molar-refractivity contribution in [1.82, 2.24) is 5.32 Å². The van der Waals surface area contributed by atoms with Crippen molar-refractivity contribution in [3.05, 3.63) is 35.1 Å². The maximum absolute atomic E-state index is 13.1. The van der Waals surface area contributed by atoms with Crippen molar-refractivity contribution in [3.8, 4) is 0 Å². The smallest absolute Gasteiger partial charge is 0.380 e. The van der Waals surface area contributed by atoms with E-state index in [1.807, 2.05) is 0 Å². The highest BCUT2D eigenvalue weighted by molar-refractivity contribution is 5.27. The van der Waals surface area contributed by atoms with Gasteiger partial charge in [0.05, 0.1) is 12.2 Å². The second-order valence-electron chi connectivity index (χ2n) is 4.45. The minimum atomic E-state index is -4.66. The van der Waals surface area contributed by atoms with Crippen LogP contribution in [0.1, 0.15) is 30.9 Å². The molecule has 2 nitrogen and oxygen atoms in total. The Labute approximate surface area is 116 Å². The summed E-state index contributed by atoms with van der Waals surface area (Å²) in [5.74, 6) is -1.25. The third kappa shape index (κ3) is 5.88. The van der Waals surface area contributed by atoms with Gasteiger partial charge in [0, 0.05) is 19.7 Å². The number of rotatable bonds is 8. The number of hydrogen-bond acceptors (Lipinski definition) is 2. The quantitative estimate of drug-likeness (QED) is 0.582. The van der Waals surface area contributed by atoms with Crippen LogP contribution in [0.5, 0.6) is 0 Å². The Balaban J connectivity index is 2.38. The first-order valence-corrected chi connectivity index (χ1v) is 6.59. The van der Waals surface area contributed by atoms with Gasteiger partial charge in [-0.05, 0) is 24.1 Å². The topological polar surface area (TPSA) is 21.3 Å². The first kappa shape index (κ1) is 16.9. The molecule has 1 rings (SSSR count). The minimum Gasteiger partial charge on any atom is -0.380 e. The zero-order chi connectivity index (χ0) is 15.0. The Morgan fingerprint density at radius 2 is 1.95 bits per heavy atom. The molecule has 0 aromatic heterocycles. The second kappa shape index (κ2) is 8.21. The SMILES string of the molecule is CCCCOCCNCc1ccc(F)c(C(F)(F)F)c1. The molecule has 1 aromatic rings. The van der Waals surface area contributed by atoms with Crippen LogP contribution in [0.2, 0.25) is 0 Å². The maximum Gasteiger partial charge on any atom is 0.419 e. The standard InChI is InChI=1S/C14H19F4NO/c1-2-3-7-20-8-6-19-10-11-4-5-13(15)12(9-11)14(16,17)18/h4-5,9,19H,2-3,6-8,10H2,1H3. The van der Waals surface area contributed by atoms with Crippen LogP contribution in [-0.2, 0) is 17.5 Å². The van der Waals surface area contributed by atoms with Crippen LogP contribution in [0.25, 0.3) is 0 Å². The molecule has 0 saturated heterocycles. The van der Waals surface area contributed by atoms with Crippen molar-refractivity contribution >= 4 is 0 Å². The summed E-state index contributed by atoms with van der Waals surface area (Å²) in [6.07, 6.45) is -2.61. The molecule has 0 fully saturated rings. The van der Waals surface area contributed by atoms with E-state index in [1.165, 1.54) is 6.07 Å². The lowest BCUT2D eigenvalue weighted by Gasteiger charge is -2.11. The predicted molar refractivity (Wildman–Crippen MR) is 68.8 cm³/mol. The van der Waals surface area contributed by atoms with E-state index in [4.69, 9.17) is 4.74 Å². The third-order valence-electron chi connectivity index (χ3n) is 2.73. The highest BCUT2D eigenvalue weighted by Crippen LogP contribution is 2.31. The molecule has 0 atom stereocenters. The predicted octanol–water partition coefficient (Wildman–Crippen LogP) is 3.75. The van der Waals surface area contributed by atoms with Gasteiger partial charge in [-0.3, -0.25) is 0 Å². The van der Waals surface area contributed by atoms with E-state index in [1.54, 1.807) is 0 Å². The van der Waals surface area contributed by atoms with E-state index in [2.05, 4.69) is 12.2 Å². The van der Waals surface area contributed by atoms with Crippen molar-refractivity contribution in [2.24, 2.45) is 0 Å². The number of hydrogen-bond donors (Lipinski definition) is 1. The average Bonchev–Trinajstić information content (AvgIpc) is 2.38. The molecule has 114 valence electrons. The Kier molecular flexibility index (Phi) is 6.95. The highest BCUT2D eigenvalue weighted by Gasteiger charge is 2.34. The molecule has 0 heterocycles. The van der Waals surface area contributed by atoms with E-state index in [0.29, 0.717) is 25.3 Å². The van der Waals surface area contributed by atoms with Gasteiger partial charge in [-0.2, -0.15) is 13.2 Å². The Bertz CT molecular complexity index is 407. The fourth-order valence-electron chi connectivity index (χ4n) is 1.63. The summed E-state index contributed by atoms with van der Waals surface area (Å²) in [4.78, 5) is 0. The summed E-state index contributed by atoms with van der Waals surface area (Å²) in [5, 5.41) is 2.96. The lowest BCUT2D eigenvalue weighted by molar-refractivity contribution is -0.140. The summed E-state index contributed by atoms with van der Waals surface area (Å²) in [6, 6.07) is 3.02. The zero-order valence-corrected chi connectivity index (χ0v) is 11.4. The number of ether oxygens (including phenoxy) is 1. The molecule has 0 amide bonds. The van der Waals surface area contributed by atoms with Gasteiger partial charge in [-0.15, -0.1) is 0 Å². The van der Waals surface area contributed by atoms with E-state index < -0.39 is 17.6 Å². The van der Waals surface area contributed by atoms with E-state index >= 15 is 0 Å². The number of unbranched alkanes of at least 4 members (excludes halogenated alkanes) is 1. The second-order valence-corrected chi connectivity index (χ2v) is 4.45. The molecule has 0 aliphatic rings. The lowest BCUT2D eigenvalue weighted by Crippen LogP contribution is -2.20. The minimum absolute atomic E-state index is 0.250. The number of alkyl halides is 3. The van der Waals surface area contributed by atoms with Gasteiger partial charge in [0.2, 0.25) is 0 Å². The molecule has 0 aliphatic heterocycles. The number of benzene rings is 1. The molecule has 6 heteroatoms. The molecule has 0 radical (unpaired) electrons. The first-order valence-electron chi connectivity index (χ1n) is 6.59. The van der Waals surface area contributed by atoms with Crippen molar-refractivity contribution in [3.63, 3.8) is 0 Å². The van der Waals surface area contributed by atoms with E-state index in [-0.39, 0.29) is 6.54 Å². The summed E-state index contributed by atoms with van der Waals surface area (Å²) in [7, 11) is 0. The average molecular weight is 293 g/mol. The maximum atomic E-state index is 13.1. The van der Waals surface area contributed by atoms with Gasteiger partial charge in [0.25, 0.3) is 0 Å². The molecular weight excluding hydrogens is 274 g/mol. The fraction of sp³-hybridized carbons (Fsp3) is 0.571. The summed E-state index contributed by atoms with van der Waals surface area (Å²) in [6.45, 7) is 4.05. The van der Waals surface area contributed by atoms with Crippen LogP contribution in [0.4, 0.5) is 17.6 Å². The van der Waals surface area contributed by atoms with Crippen LogP contribution < -0.4 is 5.32 Å². The number of halogens is 4. The van der Waals surface area contributed by atoms with Crippen molar-refractivity contribution < 1.29 is 22.3 Å². The Hall–Kier alpha value is -1.14. The molecule has 1 aromatic carbocycles. The monoisotopic (exact) mass is 293 g/mol. The molecule has 0 aliphatic carbocycles. The van der Waals surface area contributed by atoms with Gasteiger partial charge in [0.1, 0.15) is 5.82 Å². The Morgan fingerprint density at radius 3 is 2.60 bits per heavy atom. The van der Waals surface area contributed by atoms with Crippen molar-refractivity contribution in [1.29, 1.82) is 0 Å². The van der Waals surface area contributed by atoms with Gasteiger partial charge in [-0.1, -0.05) is 19.4 Å². The van der Waals surface area contributed by atoms with E-state index in [0.717, 1.165) is 25.0 Å². The van der Waals surface area contributed by atoms with E-state index in [9.17, 15) is 17.6 Å². The molecule has 0 spiro atoms. The molecule has 0 unspecified atom stereocenters. The van der Waals surface area contributed by atoms with Gasteiger partial charge in [-0.25, -0.2) is 4.39 Å². The fourth-order valence-corrected chi connectivity index (χ4v) is 1.63. The van der Waals surface area contributed by atoms with Crippen LogP contribution in [0.15, 0.2) is 18.2 Å². The third-order valence-corrected chi connectivity index (χ3v) is 2.73. The normalized spacial score (nSPS) is 11.8. The highest BCUT2D eigenvalue weighted by atomic mass is 19.4. The molecule has 20 heavy (non-hydrogen) atoms. The van der Waals surface area contributed by atoms with Gasteiger partial charge < -0.3 is 10.1 Å². The van der Waals surface area contributed by atoms with Crippen LogP contribution in [-0.4, -0.2) is 19.8 Å². The van der Waals surface area contributed by atoms with Crippen LogP contribution in [0, 0.1) is 5.82 Å². The zero-order valence-electron chi connectivity index (χ0n) is 11.4. The summed E-state index contributed by atoms with van der Waals surface area (Å²) in [5.41, 5.74) is -0.830. The largest absolute Gasteiger partial charge is 0.419 e. The summed E-state index contributed by atoms with van der Waals surface area (Å²) < 4.78 is 55.9. The lowest BCUT2D eigenvalue weighted by atomic mass is 10.1. The first-order chi connectivity index (χ1) is 9.45. The molecule has 0 bridgehead atoms. The Morgan fingerprint density at radius 1 is 1.20 bits per heavy atom. The number of nitrogens with one attached hydrogen (secondary N) is 1.